The number of halogens is 1. The molecule has 0 unspecified atom stereocenters. The molecular formula is C14H13ClN2O2S. The number of sulfonamides is 1. The summed E-state index contributed by atoms with van der Waals surface area (Å²) in [6.07, 6.45) is 0. The van der Waals surface area contributed by atoms with E-state index < -0.39 is 10.0 Å². The molecule has 6 heteroatoms. The van der Waals surface area contributed by atoms with Gasteiger partial charge in [-0.2, -0.15) is 18.4 Å². The van der Waals surface area contributed by atoms with E-state index in [2.05, 4.69) is 9.93 Å². The van der Waals surface area contributed by atoms with E-state index in [4.69, 9.17) is 11.6 Å². The fourth-order valence-corrected chi connectivity index (χ4v) is 2.52. The maximum atomic E-state index is 12.0. The second kappa shape index (κ2) is 6.07. The molecule has 0 aromatic heterocycles. The van der Waals surface area contributed by atoms with Crippen LogP contribution >= 0.6 is 11.6 Å². The standard InChI is InChI=1S/C14H13ClN2O2S/c1-11(12-5-3-2-4-6-12)16-17-20(18,19)14-9-7-13(15)8-10-14/h2-10,17H,1H3. The van der Waals surface area contributed by atoms with Crippen LogP contribution in [0.5, 0.6) is 0 Å². The molecule has 1 N–H and O–H groups in total. The predicted octanol–water partition coefficient (Wildman–Crippen LogP) is 3.04. The lowest BCUT2D eigenvalue weighted by molar-refractivity contribution is 0.584. The number of benzene rings is 2. The Kier molecular flexibility index (Phi) is 4.42. The summed E-state index contributed by atoms with van der Waals surface area (Å²) in [6, 6.07) is 15.2. The van der Waals surface area contributed by atoms with Crippen LogP contribution in [0.25, 0.3) is 0 Å². The van der Waals surface area contributed by atoms with Crippen LogP contribution in [0.1, 0.15) is 12.5 Å². The smallest absolute Gasteiger partial charge is 0.200 e. The second-order valence-corrected chi connectivity index (χ2v) is 6.21. The number of rotatable bonds is 4. The molecule has 2 aromatic rings. The molecule has 0 saturated heterocycles. The minimum absolute atomic E-state index is 0.117. The van der Waals surface area contributed by atoms with Crippen LogP contribution in [0, 0.1) is 0 Å². The van der Waals surface area contributed by atoms with E-state index in [1.165, 1.54) is 24.3 Å². The third-order valence-corrected chi connectivity index (χ3v) is 4.13. The molecule has 0 heterocycles. The molecule has 0 fully saturated rings. The first-order valence-electron chi connectivity index (χ1n) is 5.86. The van der Waals surface area contributed by atoms with Crippen molar-refractivity contribution < 1.29 is 8.42 Å². The Bertz CT molecular complexity index is 711. The minimum atomic E-state index is -3.68. The fourth-order valence-electron chi connectivity index (χ4n) is 1.54. The second-order valence-electron chi connectivity index (χ2n) is 4.11. The van der Waals surface area contributed by atoms with Gasteiger partial charge in [0.25, 0.3) is 10.0 Å². The fraction of sp³-hybridized carbons (Fsp3) is 0.0714. The first-order valence-corrected chi connectivity index (χ1v) is 7.72. The van der Waals surface area contributed by atoms with Gasteiger partial charge < -0.3 is 0 Å². The van der Waals surface area contributed by atoms with Crippen molar-refractivity contribution in [3.05, 3.63) is 65.2 Å². The minimum Gasteiger partial charge on any atom is -0.200 e. The summed E-state index contributed by atoms with van der Waals surface area (Å²) in [7, 11) is -3.68. The third-order valence-electron chi connectivity index (χ3n) is 2.65. The van der Waals surface area contributed by atoms with Crippen molar-refractivity contribution in [3.8, 4) is 0 Å². The molecule has 0 radical (unpaired) electrons. The van der Waals surface area contributed by atoms with E-state index in [-0.39, 0.29) is 4.90 Å². The summed E-state index contributed by atoms with van der Waals surface area (Å²) in [6.45, 7) is 1.74. The van der Waals surface area contributed by atoms with E-state index in [0.29, 0.717) is 10.7 Å². The van der Waals surface area contributed by atoms with Gasteiger partial charge in [0, 0.05) is 5.02 Å². The lowest BCUT2D eigenvalue weighted by Gasteiger charge is -2.05. The topological polar surface area (TPSA) is 58.5 Å². The number of hydrazone groups is 1. The molecule has 0 saturated carbocycles. The van der Waals surface area contributed by atoms with Crippen LogP contribution in [-0.4, -0.2) is 14.1 Å². The van der Waals surface area contributed by atoms with Crippen LogP contribution in [0.2, 0.25) is 5.02 Å². The lowest BCUT2D eigenvalue weighted by atomic mass is 10.1. The van der Waals surface area contributed by atoms with E-state index in [1.807, 2.05) is 30.3 Å². The molecule has 0 aliphatic carbocycles. The zero-order valence-electron chi connectivity index (χ0n) is 10.7. The van der Waals surface area contributed by atoms with Gasteiger partial charge in [0.15, 0.2) is 0 Å². The monoisotopic (exact) mass is 308 g/mol. The molecule has 20 heavy (non-hydrogen) atoms. The highest BCUT2D eigenvalue weighted by molar-refractivity contribution is 7.89. The van der Waals surface area contributed by atoms with Crippen molar-refractivity contribution in [2.45, 2.75) is 11.8 Å². The van der Waals surface area contributed by atoms with Crippen LogP contribution in [-0.2, 0) is 10.0 Å². The first-order chi connectivity index (χ1) is 9.49. The first kappa shape index (κ1) is 14.6. The molecule has 2 aromatic carbocycles. The zero-order valence-corrected chi connectivity index (χ0v) is 12.3. The van der Waals surface area contributed by atoms with Crippen molar-refractivity contribution in [2.75, 3.05) is 0 Å². The van der Waals surface area contributed by atoms with Crippen LogP contribution in [0.4, 0.5) is 0 Å². The zero-order chi connectivity index (χ0) is 14.6. The van der Waals surface area contributed by atoms with Gasteiger partial charge in [-0.05, 0) is 36.8 Å². The van der Waals surface area contributed by atoms with Gasteiger partial charge in [0.05, 0.1) is 10.6 Å². The van der Waals surface area contributed by atoms with Crippen LogP contribution in [0.3, 0.4) is 0 Å². The maximum Gasteiger partial charge on any atom is 0.276 e. The summed E-state index contributed by atoms with van der Waals surface area (Å²) in [4.78, 5) is 2.33. The predicted molar refractivity (Wildman–Crippen MR) is 80.4 cm³/mol. The van der Waals surface area contributed by atoms with Gasteiger partial charge in [-0.1, -0.05) is 41.9 Å². The maximum absolute atomic E-state index is 12.0. The molecule has 0 amide bonds. The van der Waals surface area contributed by atoms with Crippen molar-refractivity contribution in [2.24, 2.45) is 5.10 Å². The number of hydrogen-bond donors (Lipinski definition) is 1. The van der Waals surface area contributed by atoms with E-state index in [0.717, 1.165) is 5.56 Å². The molecule has 0 atom stereocenters. The largest absolute Gasteiger partial charge is 0.276 e. The molecule has 0 spiro atoms. The van der Waals surface area contributed by atoms with E-state index >= 15 is 0 Å². The molecule has 2 rings (SSSR count). The summed E-state index contributed by atoms with van der Waals surface area (Å²) < 4.78 is 24.0. The molecule has 0 bridgehead atoms. The van der Waals surface area contributed by atoms with Gasteiger partial charge in [-0.25, -0.2) is 0 Å². The average Bonchev–Trinajstić information content (AvgIpc) is 2.46. The normalized spacial score (nSPS) is 12.2. The Hall–Kier alpha value is -1.85. The van der Waals surface area contributed by atoms with Crippen molar-refractivity contribution in [1.29, 1.82) is 0 Å². The average molecular weight is 309 g/mol. The Balaban J connectivity index is 2.19. The Labute approximate surface area is 123 Å². The molecule has 4 nitrogen and oxygen atoms in total. The lowest BCUT2D eigenvalue weighted by Crippen LogP contribution is -2.19. The SMILES string of the molecule is CC(=NNS(=O)(=O)c1ccc(Cl)cc1)c1ccccc1. The van der Waals surface area contributed by atoms with Gasteiger partial charge >= 0.3 is 0 Å². The summed E-state index contributed by atoms with van der Waals surface area (Å²) in [5.41, 5.74) is 1.44. The van der Waals surface area contributed by atoms with Crippen LogP contribution < -0.4 is 4.83 Å². The van der Waals surface area contributed by atoms with Gasteiger partial charge in [0.1, 0.15) is 0 Å². The Morgan fingerprint density at radius 1 is 1.05 bits per heavy atom. The van der Waals surface area contributed by atoms with Crippen molar-refractivity contribution in [1.82, 2.24) is 4.83 Å². The number of hydrogen-bond acceptors (Lipinski definition) is 3. The van der Waals surface area contributed by atoms with Crippen LogP contribution in [0.15, 0.2) is 64.6 Å². The van der Waals surface area contributed by atoms with Gasteiger partial charge in [-0.15, -0.1) is 0 Å². The van der Waals surface area contributed by atoms with Crippen molar-refractivity contribution in [3.63, 3.8) is 0 Å². The number of nitrogens with one attached hydrogen (secondary N) is 1. The summed E-state index contributed by atoms with van der Waals surface area (Å²) in [5.74, 6) is 0. The van der Waals surface area contributed by atoms with Crippen molar-refractivity contribution >= 4 is 27.3 Å². The summed E-state index contributed by atoms with van der Waals surface area (Å²) >= 11 is 5.73. The third kappa shape index (κ3) is 3.59. The highest BCUT2D eigenvalue weighted by Gasteiger charge is 2.12. The molecule has 0 aliphatic rings. The molecule has 0 aliphatic heterocycles. The molecular weight excluding hydrogens is 296 g/mol. The van der Waals surface area contributed by atoms with Gasteiger partial charge in [-0.3, -0.25) is 0 Å². The number of nitrogens with zero attached hydrogens (tertiary/aromatic N) is 1. The Morgan fingerprint density at radius 3 is 2.25 bits per heavy atom. The van der Waals surface area contributed by atoms with E-state index in [1.54, 1.807) is 6.92 Å². The molecule has 104 valence electrons. The highest BCUT2D eigenvalue weighted by Crippen LogP contribution is 2.13. The van der Waals surface area contributed by atoms with Gasteiger partial charge in [0.2, 0.25) is 0 Å². The van der Waals surface area contributed by atoms with E-state index in [9.17, 15) is 8.42 Å². The highest BCUT2D eigenvalue weighted by atomic mass is 35.5. The Morgan fingerprint density at radius 2 is 1.65 bits per heavy atom. The summed E-state index contributed by atoms with van der Waals surface area (Å²) in [5, 5.41) is 4.39. The quantitative estimate of drug-likeness (QED) is 0.697.